The Hall–Kier alpha value is -3.13. The monoisotopic (exact) mass is 456 g/mol. The highest BCUT2D eigenvalue weighted by atomic mass is 16.5. The Labute approximate surface area is 194 Å². The van der Waals surface area contributed by atoms with Crippen molar-refractivity contribution in [2.75, 3.05) is 20.8 Å². The van der Waals surface area contributed by atoms with E-state index in [9.17, 15) is 14.4 Å². The van der Waals surface area contributed by atoms with Gasteiger partial charge in [-0.2, -0.15) is 0 Å². The minimum absolute atomic E-state index is 0.213. The SMILES string of the molecule is COC(=O)N1C=C[C@@H](C(C)(C)C(=O)OC)C(C(=O)N2[C@@H](Cc3ccccc3)COC2(C)C)=C1. The molecule has 2 heterocycles. The van der Waals surface area contributed by atoms with Gasteiger partial charge in [0.2, 0.25) is 0 Å². The minimum Gasteiger partial charge on any atom is -0.469 e. The van der Waals surface area contributed by atoms with Crippen molar-refractivity contribution in [3.05, 3.63) is 59.9 Å². The van der Waals surface area contributed by atoms with Gasteiger partial charge in [-0.3, -0.25) is 14.5 Å². The Morgan fingerprint density at radius 2 is 1.79 bits per heavy atom. The van der Waals surface area contributed by atoms with Gasteiger partial charge in [0.25, 0.3) is 5.91 Å². The van der Waals surface area contributed by atoms with Crippen LogP contribution in [0.2, 0.25) is 0 Å². The molecule has 1 aromatic carbocycles. The van der Waals surface area contributed by atoms with Gasteiger partial charge in [-0.05, 0) is 39.7 Å². The first-order chi connectivity index (χ1) is 15.5. The first-order valence-corrected chi connectivity index (χ1v) is 10.9. The lowest BCUT2D eigenvalue weighted by atomic mass is 9.73. The van der Waals surface area contributed by atoms with Crippen LogP contribution in [0.3, 0.4) is 0 Å². The van der Waals surface area contributed by atoms with E-state index >= 15 is 0 Å². The van der Waals surface area contributed by atoms with E-state index in [1.165, 1.54) is 31.5 Å². The minimum atomic E-state index is -1.05. The van der Waals surface area contributed by atoms with Gasteiger partial charge in [0.1, 0.15) is 5.72 Å². The molecule has 33 heavy (non-hydrogen) atoms. The molecule has 0 bridgehead atoms. The molecule has 2 atom stereocenters. The Morgan fingerprint density at radius 3 is 2.39 bits per heavy atom. The topological polar surface area (TPSA) is 85.4 Å². The summed E-state index contributed by atoms with van der Waals surface area (Å²) in [5, 5.41) is 0. The summed E-state index contributed by atoms with van der Waals surface area (Å²) in [7, 11) is 2.58. The molecule has 1 fully saturated rings. The first-order valence-electron chi connectivity index (χ1n) is 10.9. The van der Waals surface area contributed by atoms with E-state index in [4.69, 9.17) is 14.2 Å². The Morgan fingerprint density at radius 1 is 1.12 bits per heavy atom. The molecule has 0 spiro atoms. The number of ether oxygens (including phenoxy) is 3. The molecule has 0 unspecified atom stereocenters. The van der Waals surface area contributed by atoms with Crippen molar-refractivity contribution in [2.24, 2.45) is 11.3 Å². The molecule has 2 aliphatic rings. The molecule has 0 aliphatic carbocycles. The lowest BCUT2D eigenvalue weighted by Gasteiger charge is -2.39. The summed E-state index contributed by atoms with van der Waals surface area (Å²) in [6, 6.07) is 9.68. The summed E-state index contributed by atoms with van der Waals surface area (Å²) < 4.78 is 15.8. The zero-order valence-corrected chi connectivity index (χ0v) is 20.0. The van der Waals surface area contributed by atoms with Crippen LogP contribution in [-0.2, 0) is 30.2 Å². The number of nitrogens with zero attached hydrogens (tertiary/aromatic N) is 2. The van der Waals surface area contributed by atoms with Crippen LogP contribution in [0.25, 0.3) is 0 Å². The van der Waals surface area contributed by atoms with Gasteiger partial charge in [0.15, 0.2) is 0 Å². The van der Waals surface area contributed by atoms with E-state index in [1.54, 1.807) is 24.8 Å². The van der Waals surface area contributed by atoms with Crippen molar-refractivity contribution >= 4 is 18.0 Å². The number of methoxy groups -OCH3 is 2. The molecule has 8 heteroatoms. The highest BCUT2D eigenvalue weighted by Crippen LogP contribution is 2.40. The fraction of sp³-hybridized carbons (Fsp3) is 0.480. The number of rotatable bonds is 5. The molecule has 8 nitrogen and oxygen atoms in total. The van der Waals surface area contributed by atoms with Gasteiger partial charge in [0, 0.05) is 23.9 Å². The van der Waals surface area contributed by atoms with Crippen LogP contribution in [0, 0.1) is 11.3 Å². The molecular formula is C25H32N2O6. The van der Waals surface area contributed by atoms with Gasteiger partial charge in [0.05, 0.1) is 32.3 Å². The summed E-state index contributed by atoms with van der Waals surface area (Å²) >= 11 is 0. The lowest BCUT2D eigenvalue weighted by molar-refractivity contribution is -0.153. The largest absolute Gasteiger partial charge is 0.469 e. The third-order valence-corrected chi connectivity index (χ3v) is 6.28. The van der Waals surface area contributed by atoms with E-state index in [2.05, 4.69) is 0 Å². The fourth-order valence-corrected chi connectivity index (χ4v) is 4.45. The number of benzene rings is 1. The van der Waals surface area contributed by atoms with E-state index in [1.807, 2.05) is 44.2 Å². The van der Waals surface area contributed by atoms with Crippen molar-refractivity contribution in [1.29, 1.82) is 0 Å². The molecule has 3 rings (SSSR count). The third-order valence-electron chi connectivity index (χ3n) is 6.28. The molecule has 0 aromatic heterocycles. The van der Waals surface area contributed by atoms with Crippen LogP contribution in [0.5, 0.6) is 0 Å². The fourth-order valence-electron chi connectivity index (χ4n) is 4.45. The van der Waals surface area contributed by atoms with Crippen molar-refractivity contribution in [3.8, 4) is 0 Å². The van der Waals surface area contributed by atoms with Crippen molar-refractivity contribution < 1.29 is 28.6 Å². The van der Waals surface area contributed by atoms with Gasteiger partial charge >= 0.3 is 12.1 Å². The number of amides is 2. The Bertz CT molecular complexity index is 966. The third kappa shape index (κ3) is 4.80. The smallest absolute Gasteiger partial charge is 0.417 e. The highest BCUT2D eigenvalue weighted by molar-refractivity contribution is 5.97. The number of allylic oxidation sites excluding steroid dienone is 1. The van der Waals surface area contributed by atoms with Crippen LogP contribution in [0.15, 0.2) is 54.4 Å². The number of esters is 1. The second-order valence-corrected chi connectivity index (χ2v) is 9.27. The summed E-state index contributed by atoms with van der Waals surface area (Å²) in [5.41, 5.74) is -0.542. The van der Waals surface area contributed by atoms with Crippen LogP contribution in [0.1, 0.15) is 33.3 Å². The molecule has 178 valence electrons. The molecule has 0 saturated carbocycles. The van der Waals surface area contributed by atoms with Crippen LogP contribution in [-0.4, -0.2) is 60.4 Å². The normalized spacial score (nSPS) is 22.1. The summed E-state index contributed by atoms with van der Waals surface area (Å²) in [4.78, 5) is 41.8. The molecule has 1 saturated heterocycles. The van der Waals surface area contributed by atoms with Gasteiger partial charge in [-0.1, -0.05) is 36.4 Å². The average Bonchev–Trinajstić information content (AvgIpc) is 3.11. The second kappa shape index (κ2) is 9.39. The summed E-state index contributed by atoms with van der Waals surface area (Å²) in [5.74, 6) is -1.38. The Balaban J connectivity index is 2.01. The second-order valence-electron chi connectivity index (χ2n) is 9.27. The van der Waals surface area contributed by atoms with E-state index in [-0.39, 0.29) is 17.5 Å². The average molecular weight is 457 g/mol. The van der Waals surface area contributed by atoms with Gasteiger partial charge in [-0.15, -0.1) is 0 Å². The summed E-state index contributed by atoms with van der Waals surface area (Å²) in [6.45, 7) is 7.50. The van der Waals surface area contributed by atoms with E-state index in [0.29, 0.717) is 13.0 Å². The van der Waals surface area contributed by atoms with E-state index in [0.717, 1.165) is 5.56 Å². The maximum absolute atomic E-state index is 14.1. The maximum Gasteiger partial charge on any atom is 0.417 e. The van der Waals surface area contributed by atoms with Crippen molar-refractivity contribution in [2.45, 2.75) is 45.9 Å². The predicted molar refractivity (Wildman–Crippen MR) is 122 cm³/mol. The number of carbonyl (C=O) groups excluding carboxylic acids is 3. The van der Waals surface area contributed by atoms with E-state index < -0.39 is 29.1 Å². The number of hydrogen-bond acceptors (Lipinski definition) is 6. The predicted octanol–water partition coefficient (Wildman–Crippen LogP) is 3.49. The molecule has 2 amide bonds. The van der Waals surface area contributed by atoms with Gasteiger partial charge in [-0.25, -0.2) is 4.79 Å². The van der Waals surface area contributed by atoms with Crippen LogP contribution in [0.4, 0.5) is 4.79 Å². The summed E-state index contributed by atoms with van der Waals surface area (Å²) in [6.07, 6.45) is 4.59. The highest BCUT2D eigenvalue weighted by Gasteiger charge is 2.49. The quantitative estimate of drug-likeness (QED) is 0.631. The number of hydrogen-bond donors (Lipinski definition) is 0. The lowest BCUT2D eigenvalue weighted by Crippen LogP contribution is -2.51. The Kier molecular flexibility index (Phi) is 6.97. The van der Waals surface area contributed by atoms with Crippen LogP contribution < -0.4 is 0 Å². The standard InChI is InChI=1S/C25H32N2O6/c1-24(2,22(29)31-5)20-12-13-26(23(30)32-6)15-19(20)21(28)27-18(16-33-25(27,3)4)14-17-10-8-7-9-11-17/h7-13,15,18,20H,14,16H2,1-6H3/t18-,20+/m0/s1. The molecule has 0 N–H and O–H groups in total. The van der Waals surface area contributed by atoms with Crippen LogP contribution >= 0.6 is 0 Å². The van der Waals surface area contributed by atoms with Crippen molar-refractivity contribution in [3.63, 3.8) is 0 Å². The molecule has 2 aliphatic heterocycles. The molecule has 1 aromatic rings. The number of carbonyl (C=O) groups is 3. The first kappa shape index (κ1) is 24.5. The maximum atomic E-state index is 14.1. The molecular weight excluding hydrogens is 424 g/mol. The van der Waals surface area contributed by atoms with Gasteiger partial charge < -0.3 is 19.1 Å². The molecule has 0 radical (unpaired) electrons. The zero-order valence-electron chi connectivity index (χ0n) is 20.0. The zero-order chi connectivity index (χ0) is 24.4. The van der Waals surface area contributed by atoms with Crippen molar-refractivity contribution in [1.82, 2.24) is 9.80 Å².